The first-order valence-corrected chi connectivity index (χ1v) is 10.1. The van der Waals surface area contributed by atoms with Crippen molar-refractivity contribution in [3.05, 3.63) is 70.0 Å². The maximum absolute atomic E-state index is 13.3. The first kappa shape index (κ1) is 19.5. The molecule has 1 amide bonds. The molecule has 2 aliphatic rings. The maximum atomic E-state index is 13.3. The van der Waals surface area contributed by atoms with E-state index in [1.807, 2.05) is 44.2 Å². The molecule has 5 nitrogen and oxygen atoms in total. The highest BCUT2D eigenvalue weighted by atomic mass is 35.5. The molecule has 6 heteroatoms. The number of rotatable bonds is 3. The summed E-state index contributed by atoms with van der Waals surface area (Å²) >= 11 is 6.24. The van der Waals surface area contributed by atoms with Gasteiger partial charge in [0.1, 0.15) is 5.82 Å². The third kappa shape index (κ3) is 3.87. The Morgan fingerprint density at radius 1 is 1.17 bits per heavy atom. The number of amides is 1. The lowest BCUT2D eigenvalue weighted by Gasteiger charge is -2.35. The van der Waals surface area contributed by atoms with Crippen molar-refractivity contribution in [2.75, 3.05) is 5.32 Å². The van der Waals surface area contributed by atoms with Gasteiger partial charge in [-0.25, -0.2) is 4.98 Å². The van der Waals surface area contributed by atoms with Gasteiger partial charge in [-0.3, -0.25) is 14.6 Å². The fourth-order valence-corrected chi connectivity index (χ4v) is 4.41. The van der Waals surface area contributed by atoms with E-state index in [1.54, 1.807) is 12.3 Å². The molecule has 1 unspecified atom stereocenters. The van der Waals surface area contributed by atoms with Gasteiger partial charge in [-0.2, -0.15) is 0 Å². The second-order valence-electron chi connectivity index (χ2n) is 7.61. The second kappa shape index (κ2) is 7.91. The van der Waals surface area contributed by atoms with Crippen LogP contribution in [-0.4, -0.2) is 22.4 Å². The molecule has 2 atom stereocenters. The van der Waals surface area contributed by atoms with Gasteiger partial charge in [-0.05, 0) is 62.1 Å². The summed E-state index contributed by atoms with van der Waals surface area (Å²) in [6.07, 6.45) is 3.69. The van der Waals surface area contributed by atoms with Crippen molar-refractivity contribution < 1.29 is 9.59 Å². The zero-order valence-electron chi connectivity index (χ0n) is 16.4. The van der Waals surface area contributed by atoms with E-state index in [0.29, 0.717) is 28.5 Å². The zero-order valence-corrected chi connectivity index (χ0v) is 17.2. The average molecular weight is 408 g/mol. The summed E-state index contributed by atoms with van der Waals surface area (Å²) in [5.41, 5.74) is 4.02. The molecule has 0 saturated carbocycles. The molecule has 2 aromatic rings. The smallest absolute Gasteiger partial charge is 0.235 e. The summed E-state index contributed by atoms with van der Waals surface area (Å²) in [6, 6.07) is 11.1. The van der Waals surface area contributed by atoms with Crippen molar-refractivity contribution in [1.82, 2.24) is 4.98 Å². The third-order valence-electron chi connectivity index (χ3n) is 5.49. The highest BCUT2D eigenvalue weighted by Gasteiger charge is 2.42. The lowest BCUT2D eigenvalue weighted by Crippen LogP contribution is -2.39. The van der Waals surface area contributed by atoms with E-state index in [4.69, 9.17) is 11.6 Å². The van der Waals surface area contributed by atoms with Crippen LogP contribution in [0.25, 0.3) is 0 Å². The minimum atomic E-state index is -0.600. The molecule has 2 heterocycles. The second-order valence-corrected chi connectivity index (χ2v) is 8.04. The number of Topliss-reactive ketones (excluding diaryl/α,β-unsaturated/α-hetero) is 1. The number of allylic oxidation sites excluding steroid dienone is 2. The standard InChI is InChI=1S/C23H22ClN3O2/c1-13-9-10-25-19(11-13)27-23(29)20-14(2)26-17-7-4-8-18(28)22(17)21(20)15-5-3-6-16(24)12-15/h3,5-6,9-12,20-21H,4,7-8H2,1-2H3,(H,25,27,29)/t20?,21-/m0/s1. The number of nitrogens with one attached hydrogen (secondary N) is 1. The Hall–Kier alpha value is -2.79. The summed E-state index contributed by atoms with van der Waals surface area (Å²) in [5.74, 6) is -0.670. The molecular weight excluding hydrogens is 386 g/mol. The van der Waals surface area contributed by atoms with Gasteiger partial charge in [-0.15, -0.1) is 0 Å². The Morgan fingerprint density at radius 3 is 2.76 bits per heavy atom. The van der Waals surface area contributed by atoms with Gasteiger partial charge in [-0.1, -0.05) is 23.7 Å². The first-order valence-electron chi connectivity index (χ1n) is 9.74. The van der Waals surface area contributed by atoms with Crippen molar-refractivity contribution in [2.45, 2.75) is 39.0 Å². The normalized spacial score (nSPS) is 21.5. The average Bonchev–Trinajstić information content (AvgIpc) is 2.67. The van der Waals surface area contributed by atoms with Crippen LogP contribution in [0.15, 0.2) is 58.9 Å². The van der Waals surface area contributed by atoms with Crippen LogP contribution in [0.3, 0.4) is 0 Å². The van der Waals surface area contributed by atoms with Crippen molar-refractivity contribution in [3.8, 4) is 0 Å². The predicted molar refractivity (Wildman–Crippen MR) is 114 cm³/mol. The molecule has 29 heavy (non-hydrogen) atoms. The van der Waals surface area contributed by atoms with E-state index in [2.05, 4.69) is 15.3 Å². The number of hydrogen-bond acceptors (Lipinski definition) is 4. The molecule has 1 aromatic carbocycles. The van der Waals surface area contributed by atoms with Crippen molar-refractivity contribution >= 4 is 34.8 Å². The van der Waals surface area contributed by atoms with Gasteiger partial charge < -0.3 is 5.32 Å². The van der Waals surface area contributed by atoms with E-state index in [0.717, 1.165) is 29.7 Å². The lowest BCUT2D eigenvalue weighted by molar-refractivity contribution is -0.119. The SMILES string of the molecule is CC1=NC2=C(C(=O)CCC2)[C@@H](c2cccc(Cl)c2)C1C(=O)Nc1cc(C)ccn1. The van der Waals surface area contributed by atoms with E-state index in [9.17, 15) is 9.59 Å². The number of pyridine rings is 1. The van der Waals surface area contributed by atoms with Gasteiger partial charge >= 0.3 is 0 Å². The third-order valence-corrected chi connectivity index (χ3v) is 5.73. The molecule has 1 aliphatic heterocycles. The van der Waals surface area contributed by atoms with E-state index in [-0.39, 0.29) is 11.7 Å². The number of anilines is 1. The molecule has 0 radical (unpaired) electrons. The molecule has 4 rings (SSSR count). The fraction of sp³-hybridized carbons (Fsp3) is 0.304. The molecule has 0 fully saturated rings. The van der Waals surface area contributed by atoms with E-state index < -0.39 is 11.8 Å². The summed E-state index contributed by atoms with van der Waals surface area (Å²) in [6.45, 7) is 3.80. The number of carbonyl (C=O) groups is 2. The molecule has 0 bridgehead atoms. The zero-order chi connectivity index (χ0) is 20.5. The highest BCUT2D eigenvalue weighted by Crippen LogP contribution is 2.43. The number of carbonyl (C=O) groups excluding carboxylic acids is 2. The van der Waals surface area contributed by atoms with Crippen molar-refractivity contribution in [3.63, 3.8) is 0 Å². The Kier molecular flexibility index (Phi) is 5.33. The Labute approximate surface area is 174 Å². The van der Waals surface area contributed by atoms with Crippen molar-refractivity contribution in [1.29, 1.82) is 0 Å². The molecule has 1 aromatic heterocycles. The maximum Gasteiger partial charge on any atom is 0.235 e. The molecule has 0 spiro atoms. The van der Waals surface area contributed by atoms with Crippen LogP contribution < -0.4 is 5.32 Å². The van der Waals surface area contributed by atoms with Gasteiger partial charge in [0.2, 0.25) is 5.91 Å². The van der Waals surface area contributed by atoms with Crippen LogP contribution in [0.5, 0.6) is 0 Å². The van der Waals surface area contributed by atoms with Gasteiger partial charge in [0.05, 0.1) is 5.92 Å². The monoisotopic (exact) mass is 407 g/mol. The molecule has 148 valence electrons. The summed E-state index contributed by atoms with van der Waals surface area (Å²) in [7, 11) is 0. The Bertz CT molecular complexity index is 1060. The minimum Gasteiger partial charge on any atom is -0.310 e. The van der Waals surface area contributed by atoms with Crippen LogP contribution in [0, 0.1) is 12.8 Å². The summed E-state index contributed by atoms with van der Waals surface area (Å²) in [4.78, 5) is 35.1. The lowest BCUT2D eigenvalue weighted by atomic mass is 9.71. The summed E-state index contributed by atoms with van der Waals surface area (Å²) < 4.78 is 0. The number of aromatic nitrogens is 1. The summed E-state index contributed by atoms with van der Waals surface area (Å²) in [5, 5.41) is 3.49. The fourth-order valence-electron chi connectivity index (χ4n) is 4.21. The number of hydrogen-bond donors (Lipinski definition) is 1. The van der Waals surface area contributed by atoms with Crippen LogP contribution in [0.1, 0.15) is 43.2 Å². The first-order chi connectivity index (χ1) is 13.9. The molecule has 1 aliphatic carbocycles. The van der Waals surface area contributed by atoms with Crippen LogP contribution in [0.2, 0.25) is 5.02 Å². The number of benzene rings is 1. The number of ketones is 1. The van der Waals surface area contributed by atoms with Gasteiger partial charge in [0, 0.05) is 40.5 Å². The number of aliphatic imine (C=N–C) groups is 1. The van der Waals surface area contributed by atoms with Crippen LogP contribution >= 0.6 is 11.6 Å². The molecule has 0 saturated heterocycles. The largest absolute Gasteiger partial charge is 0.310 e. The van der Waals surface area contributed by atoms with Crippen molar-refractivity contribution in [2.24, 2.45) is 10.9 Å². The Morgan fingerprint density at radius 2 is 2.00 bits per heavy atom. The van der Waals surface area contributed by atoms with Crippen LogP contribution in [0.4, 0.5) is 5.82 Å². The molecule has 1 N–H and O–H groups in total. The van der Waals surface area contributed by atoms with Gasteiger partial charge in [0.15, 0.2) is 5.78 Å². The Balaban J connectivity index is 1.78. The number of aryl methyl sites for hydroxylation is 1. The predicted octanol–water partition coefficient (Wildman–Crippen LogP) is 4.86. The molecular formula is C23H22ClN3O2. The quantitative estimate of drug-likeness (QED) is 0.789. The minimum absolute atomic E-state index is 0.0685. The topological polar surface area (TPSA) is 71.4 Å². The van der Waals surface area contributed by atoms with Crippen LogP contribution in [-0.2, 0) is 9.59 Å². The number of halogens is 1. The van der Waals surface area contributed by atoms with E-state index >= 15 is 0 Å². The highest BCUT2D eigenvalue weighted by molar-refractivity contribution is 6.30. The van der Waals surface area contributed by atoms with E-state index in [1.165, 1.54) is 0 Å². The number of nitrogens with zero attached hydrogens (tertiary/aromatic N) is 2. The van der Waals surface area contributed by atoms with Gasteiger partial charge in [0.25, 0.3) is 0 Å².